The van der Waals surface area contributed by atoms with E-state index in [1.54, 1.807) is 30.3 Å². The lowest BCUT2D eigenvalue weighted by molar-refractivity contribution is -0.139. The Hall–Kier alpha value is -2.81. The van der Waals surface area contributed by atoms with E-state index in [9.17, 15) is 14.2 Å². The molecule has 3 aromatic rings. The van der Waals surface area contributed by atoms with Gasteiger partial charge in [0.05, 0.1) is 5.30 Å². The minimum Gasteiger partial charge on any atom is -0.465 e. The van der Waals surface area contributed by atoms with Gasteiger partial charge in [-0.1, -0.05) is 61.2 Å². The molecule has 0 aliphatic rings. The van der Waals surface area contributed by atoms with E-state index in [1.165, 1.54) is 23.5 Å². The number of esters is 1. The second-order valence-corrected chi connectivity index (χ2v) is 11.9. The van der Waals surface area contributed by atoms with Gasteiger partial charge in [0, 0.05) is 27.4 Å². The lowest BCUT2D eigenvalue weighted by atomic mass is 10.4. The molecule has 0 radical (unpaired) electrons. The normalized spacial score (nSPS) is 14.0. The summed E-state index contributed by atoms with van der Waals surface area (Å²) in [6, 6.07) is 27.8. The van der Waals surface area contributed by atoms with Crippen LogP contribution in [0, 0.1) is 0 Å². The van der Waals surface area contributed by atoms with Gasteiger partial charge in [-0.2, -0.15) is 0 Å². The van der Waals surface area contributed by atoms with Crippen molar-refractivity contribution >= 4 is 48.9 Å². The molecule has 38 heavy (non-hydrogen) atoms. The van der Waals surface area contributed by atoms with Crippen LogP contribution in [0.1, 0.15) is 0 Å². The smallest absolute Gasteiger partial charge is 0.362 e. The summed E-state index contributed by atoms with van der Waals surface area (Å²) in [7, 11) is -3.97. The molecule has 7 nitrogen and oxygen atoms in total. The number of carbonyl (C=O) groups is 2. The van der Waals surface area contributed by atoms with Gasteiger partial charge in [-0.3, -0.25) is 18.4 Å². The molecule has 0 aliphatic carbocycles. The molecule has 0 spiro atoms. The van der Waals surface area contributed by atoms with E-state index in [-0.39, 0.29) is 13.2 Å². The number of thioether (sulfide) groups is 2. The fourth-order valence-electron chi connectivity index (χ4n) is 3.16. The SMILES string of the molecule is C=CC(=O)OCC(CSc1ccccc1)OP(=O)(OC(COC=O)CSc1ccccc1)c1ccccc1. The third kappa shape index (κ3) is 10.2. The summed E-state index contributed by atoms with van der Waals surface area (Å²) in [5.74, 6) is 0.0748. The van der Waals surface area contributed by atoms with Crippen LogP contribution in [0.2, 0.25) is 0 Å². The predicted octanol–water partition coefficient (Wildman–Crippen LogP) is 5.76. The molecule has 0 saturated carbocycles. The first kappa shape index (κ1) is 29.7. The summed E-state index contributed by atoms with van der Waals surface area (Å²) < 4.78 is 36.9. The van der Waals surface area contributed by atoms with Crippen LogP contribution < -0.4 is 5.30 Å². The first-order chi connectivity index (χ1) is 18.5. The maximum Gasteiger partial charge on any atom is 0.362 e. The van der Waals surface area contributed by atoms with Gasteiger partial charge in [0.2, 0.25) is 0 Å². The summed E-state index contributed by atoms with van der Waals surface area (Å²) >= 11 is 2.95. The lowest BCUT2D eigenvalue weighted by Crippen LogP contribution is -2.29. The minimum absolute atomic E-state index is 0.113. The number of rotatable bonds is 17. The highest BCUT2D eigenvalue weighted by Crippen LogP contribution is 2.50. The predicted molar refractivity (Wildman–Crippen MR) is 151 cm³/mol. The van der Waals surface area contributed by atoms with Crippen molar-refractivity contribution < 1.29 is 32.7 Å². The van der Waals surface area contributed by atoms with E-state index in [2.05, 4.69) is 6.58 Å². The highest BCUT2D eigenvalue weighted by atomic mass is 32.2. The summed E-state index contributed by atoms with van der Waals surface area (Å²) in [6.45, 7) is 3.48. The molecule has 3 unspecified atom stereocenters. The molecule has 3 atom stereocenters. The highest BCUT2D eigenvalue weighted by molar-refractivity contribution is 7.99. The van der Waals surface area contributed by atoms with Crippen molar-refractivity contribution in [2.75, 3.05) is 24.7 Å². The van der Waals surface area contributed by atoms with Gasteiger partial charge in [0.15, 0.2) is 0 Å². The van der Waals surface area contributed by atoms with Gasteiger partial charge < -0.3 is 9.47 Å². The van der Waals surface area contributed by atoms with E-state index in [4.69, 9.17) is 18.5 Å². The fraction of sp³-hybridized carbons (Fsp3) is 0.214. The van der Waals surface area contributed by atoms with Gasteiger partial charge in [0.25, 0.3) is 6.47 Å². The van der Waals surface area contributed by atoms with Crippen molar-refractivity contribution in [3.05, 3.63) is 104 Å². The Labute approximate surface area is 231 Å². The van der Waals surface area contributed by atoms with E-state index in [0.29, 0.717) is 23.3 Å². The Morgan fingerprint density at radius 1 is 0.789 bits per heavy atom. The van der Waals surface area contributed by atoms with Crippen LogP contribution in [-0.2, 0) is 32.7 Å². The Balaban J connectivity index is 1.83. The summed E-state index contributed by atoms with van der Waals surface area (Å²) in [6.07, 6.45) is -0.457. The third-order valence-corrected chi connectivity index (χ3v) is 9.30. The van der Waals surface area contributed by atoms with E-state index < -0.39 is 25.8 Å². The lowest BCUT2D eigenvalue weighted by Gasteiger charge is -2.28. The standard InChI is InChI=1S/C28H29O7PS2/c1-2-28(30)33-19-24(21-38-27-16-10-5-11-17-27)35-36(31,25-12-6-3-7-13-25)34-23(18-32-22-29)20-37-26-14-8-4-9-15-26/h2-17,22-24H,1,18-21H2. The van der Waals surface area contributed by atoms with E-state index in [1.807, 2.05) is 60.7 Å². The number of hydrogen-bond acceptors (Lipinski definition) is 9. The average molecular weight is 573 g/mol. The van der Waals surface area contributed by atoms with Crippen LogP contribution in [0.3, 0.4) is 0 Å². The minimum atomic E-state index is -3.97. The zero-order valence-corrected chi connectivity index (χ0v) is 23.2. The van der Waals surface area contributed by atoms with E-state index in [0.717, 1.165) is 15.9 Å². The molecule has 0 amide bonds. The maximum atomic E-state index is 14.4. The molecule has 0 heterocycles. The van der Waals surface area contributed by atoms with Crippen molar-refractivity contribution in [1.29, 1.82) is 0 Å². The molecule has 0 fully saturated rings. The van der Waals surface area contributed by atoms with Crippen molar-refractivity contribution in [1.82, 2.24) is 0 Å². The largest absolute Gasteiger partial charge is 0.465 e. The molecule has 0 aromatic heterocycles. The van der Waals surface area contributed by atoms with Gasteiger partial charge in [0.1, 0.15) is 25.4 Å². The molecule has 3 rings (SSSR count). The van der Waals surface area contributed by atoms with Crippen LogP contribution in [0.15, 0.2) is 113 Å². The molecule has 0 aliphatic heterocycles. The van der Waals surface area contributed by atoms with Gasteiger partial charge in [-0.05, 0) is 36.4 Å². The van der Waals surface area contributed by atoms with Crippen LogP contribution >= 0.6 is 31.1 Å². The van der Waals surface area contributed by atoms with Crippen LogP contribution in [0.4, 0.5) is 0 Å². The molecular formula is C28H29O7PS2. The zero-order chi connectivity index (χ0) is 27.1. The second kappa shape index (κ2) is 16.2. The molecule has 0 bridgehead atoms. The number of carbonyl (C=O) groups excluding carboxylic acids is 2. The molecule has 0 N–H and O–H groups in total. The van der Waals surface area contributed by atoms with Crippen molar-refractivity contribution in [2.45, 2.75) is 22.0 Å². The van der Waals surface area contributed by atoms with Crippen molar-refractivity contribution in [3.8, 4) is 0 Å². The Morgan fingerprint density at radius 3 is 1.74 bits per heavy atom. The van der Waals surface area contributed by atoms with Crippen LogP contribution in [0.5, 0.6) is 0 Å². The van der Waals surface area contributed by atoms with Crippen molar-refractivity contribution in [2.24, 2.45) is 0 Å². The molecule has 10 heteroatoms. The monoisotopic (exact) mass is 572 g/mol. The molecular weight excluding hydrogens is 543 g/mol. The highest BCUT2D eigenvalue weighted by Gasteiger charge is 2.35. The number of ether oxygens (including phenoxy) is 2. The van der Waals surface area contributed by atoms with Crippen LogP contribution in [-0.4, -0.2) is 49.4 Å². The maximum absolute atomic E-state index is 14.4. The average Bonchev–Trinajstić information content (AvgIpc) is 2.97. The summed E-state index contributed by atoms with van der Waals surface area (Å²) in [4.78, 5) is 24.7. The molecule has 3 aromatic carbocycles. The Bertz CT molecular complexity index is 1180. The molecule has 0 saturated heterocycles. The van der Waals surface area contributed by atoms with E-state index >= 15 is 0 Å². The summed E-state index contributed by atoms with van der Waals surface area (Å²) in [5.41, 5.74) is 0. The zero-order valence-electron chi connectivity index (χ0n) is 20.6. The second-order valence-electron chi connectivity index (χ2n) is 7.80. The quantitative estimate of drug-likeness (QED) is 0.0658. The van der Waals surface area contributed by atoms with Crippen LogP contribution in [0.25, 0.3) is 0 Å². The summed E-state index contributed by atoms with van der Waals surface area (Å²) in [5, 5.41) is 0.338. The Morgan fingerprint density at radius 2 is 1.26 bits per heavy atom. The van der Waals surface area contributed by atoms with Gasteiger partial charge >= 0.3 is 13.6 Å². The van der Waals surface area contributed by atoms with Gasteiger partial charge in [-0.15, -0.1) is 23.5 Å². The number of benzene rings is 3. The first-order valence-electron chi connectivity index (χ1n) is 11.7. The number of hydrogen-bond donors (Lipinski definition) is 0. The molecule has 200 valence electrons. The topological polar surface area (TPSA) is 88.1 Å². The first-order valence-corrected chi connectivity index (χ1v) is 15.3. The fourth-order valence-corrected chi connectivity index (χ4v) is 7.03. The Kier molecular flexibility index (Phi) is 12.7. The van der Waals surface area contributed by atoms with Gasteiger partial charge in [-0.25, -0.2) is 4.79 Å². The van der Waals surface area contributed by atoms with Crippen molar-refractivity contribution in [3.63, 3.8) is 0 Å². The third-order valence-electron chi connectivity index (χ3n) is 4.93.